The summed E-state index contributed by atoms with van der Waals surface area (Å²) < 4.78 is 7.27. The molecule has 4 atom stereocenters. The van der Waals surface area contributed by atoms with Crippen molar-refractivity contribution in [2.75, 3.05) is 18.4 Å². The van der Waals surface area contributed by atoms with E-state index in [2.05, 4.69) is 15.7 Å². The number of carbonyl (C=O) groups excluding carboxylic acids is 2. The van der Waals surface area contributed by atoms with Gasteiger partial charge in [0, 0.05) is 37.8 Å². The monoisotopic (exact) mass is 425 g/mol. The average Bonchev–Trinajstić information content (AvgIpc) is 3.19. The third-order valence-corrected chi connectivity index (χ3v) is 6.03. The van der Waals surface area contributed by atoms with E-state index in [0.29, 0.717) is 43.2 Å². The molecule has 162 valence electrons. The van der Waals surface area contributed by atoms with Gasteiger partial charge in [0.15, 0.2) is 0 Å². The van der Waals surface area contributed by atoms with Gasteiger partial charge in [-0.05, 0) is 45.4 Å². The van der Waals surface area contributed by atoms with Crippen LogP contribution in [-0.2, 0) is 20.9 Å². The maximum absolute atomic E-state index is 12.5. The van der Waals surface area contributed by atoms with E-state index in [-0.39, 0.29) is 43.0 Å². The van der Waals surface area contributed by atoms with Crippen LogP contribution in [0.15, 0.2) is 12.4 Å². The maximum atomic E-state index is 12.5. The lowest BCUT2D eigenvalue weighted by molar-refractivity contribution is -0.144. The number of piperidine rings is 1. The van der Waals surface area contributed by atoms with Gasteiger partial charge in [0.2, 0.25) is 11.8 Å². The number of amides is 2. The van der Waals surface area contributed by atoms with Gasteiger partial charge in [0.05, 0.1) is 24.1 Å². The zero-order valence-corrected chi connectivity index (χ0v) is 18.0. The van der Waals surface area contributed by atoms with E-state index >= 15 is 0 Å². The van der Waals surface area contributed by atoms with Crippen molar-refractivity contribution in [1.29, 1.82) is 0 Å². The third kappa shape index (κ3) is 5.71. The number of morpholine rings is 1. The van der Waals surface area contributed by atoms with Crippen LogP contribution in [0.1, 0.15) is 46.0 Å². The highest BCUT2D eigenvalue weighted by Gasteiger charge is 2.34. The lowest BCUT2D eigenvalue weighted by Crippen LogP contribution is -2.49. The number of carbonyl (C=O) groups is 2. The number of aromatic nitrogens is 2. The molecule has 0 radical (unpaired) electrons. The minimum Gasteiger partial charge on any atom is -0.372 e. The number of nitrogens with one attached hydrogen (secondary N) is 2. The van der Waals surface area contributed by atoms with Crippen molar-refractivity contribution in [3.63, 3.8) is 0 Å². The molecule has 3 fully saturated rings. The molecule has 1 aromatic rings. The smallest absolute Gasteiger partial charge is 0.244 e. The molecule has 0 aromatic carbocycles. The number of nitrogens with zero attached hydrogens (tertiary/aromatic N) is 3. The van der Waals surface area contributed by atoms with E-state index in [9.17, 15) is 9.59 Å². The van der Waals surface area contributed by atoms with Crippen LogP contribution in [0.25, 0.3) is 0 Å². The Morgan fingerprint density at radius 2 is 1.86 bits per heavy atom. The predicted octanol–water partition coefficient (Wildman–Crippen LogP) is 1.80. The molecule has 9 heteroatoms. The molecule has 1 aromatic heterocycles. The zero-order chi connectivity index (χ0) is 19.7. The topological polar surface area (TPSA) is 88.5 Å². The molecule has 3 saturated heterocycles. The third-order valence-electron chi connectivity index (χ3n) is 6.03. The number of hydrogen-bond donors (Lipinski definition) is 2. The number of hydrogen-bond acceptors (Lipinski definition) is 5. The highest BCUT2D eigenvalue weighted by Crippen LogP contribution is 2.32. The summed E-state index contributed by atoms with van der Waals surface area (Å²) in [6, 6.07) is 1.19. The van der Waals surface area contributed by atoms with Gasteiger partial charge in [-0.25, -0.2) is 0 Å². The van der Waals surface area contributed by atoms with Gasteiger partial charge in [-0.1, -0.05) is 0 Å². The van der Waals surface area contributed by atoms with E-state index in [0.717, 1.165) is 12.8 Å². The first kappa shape index (κ1) is 22.1. The molecule has 4 rings (SSSR count). The first-order chi connectivity index (χ1) is 13.4. The van der Waals surface area contributed by atoms with Gasteiger partial charge in [0.1, 0.15) is 6.54 Å². The molecule has 0 saturated carbocycles. The van der Waals surface area contributed by atoms with Gasteiger partial charge < -0.3 is 20.3 Å². The first-order valence-electron chi connectivity index (χ1n) is 10.5. The molecular formula is C20H32ClN5O3. The molecule has 2 amide bonds. The van der Waals surface area contributed by atoms with Gasteiger partial charge in [0.25, 0.3) is 0 Å². The van der Waals surface area contributed by atoms with Crippen molar-refractivity contribution in [2.45, 2.75) is 76.8 Å². The van der Waals surface area contributed by atoms with Crippen molar-refractivity contribution in [1.82, 2.24) is 20.0 Å². The minimum atomic E-state index is 0. The molecule has 4 heterocycles. The number of ether oxygens (including phenoxy) is 1. The molecular weight excluding hydrogens is 394 g/mol. The predicted molar refractivity (Wildman–Crippen MR) is 112 cm³/mol. The standard InChI is InChI=1S/C20H31N5O3.ClH/c1-13-9-24(10-14(2)28-13)20(27)12-25-11-18(8-21-25)23-19(26)7-15-5-16-3-4-17(6-15)22-16;/h8,11,13-17,22H,3-7,9-10,12H2,1-2H3,(H,23,26);1H. The molecule has 2 N–H and O–H groups in total. The molecule has 29 heavy (non-hydrogen) atoms. The number of halogens is 1. The fourth-order valence-electron chi connectivity index (χ4n) is 4.95. The Morgan fingerprint density at radius 3 is 2.52 bits per heavy atom. The van der Waals surface area contributed by atoms with E-state index in [1.165, 1.54) is 12.8 Å². The quantitative estimate of drug-likeness (QED) is 0.751. The molecule has 2 bridgehead atoms. The summed E-state index contributed by atoms with van der Waals surface area (Å²) >= 11 is 0. The van der Waals surface area contributed by atoms with Crippen molar-refractivity contribution < 1.29 is 14.3 Å². The summed E-state index contributed by atoms with van der Waals surface area (Å²) in [4.78, 5) is 26.8. The van der Waals surface area contributed by atoms with Crippen LogP contribution in [-0.4, -0.2) is 63.9 Å². The lowest BCUT2D eigenvalue weighted by atomic mass is 9.89. The Labute approximate surface area is 178 Å². The Kier molecular flexibility index (Phi) is 7.19. The molecule has 3 aliphatic heterocycles. The summed E-state index contributed by atoms with van der Waals surface area (Å²) in [5, 5.41) is 10.8. The van der Waals surface area contributed by atoms with Crippen molar-refractivity contribution in [2.24, 2.45) is 5.92 Å². The summed E-state index contributed by atoms with van der Waals surface area (Å²) in [5.41, 5.74) is 0.651. The second kappa shape index (κ2) is 9.45. The van der Waals surface area contributed by atoms with Crippen LogP contribution in [0.4, 0.5) is 5.69 Å². The molecule has 0 aliphatic carbocycles. The van der Waals surface area contributed by atoms with Crippen molar-refractivity contribution in [3.05, 3.63) is 12.4 Å². The van der Waals surface area contributed by atoms with E-state index in [1.54, 1.807) is 17.1 Å². The summed E-state index contributed by atoms with van der Waals surface area (Å²) in [5.74, 6) is 0.516. The fourth-order valence-corrected chi connectivity index (χ4v) is 4.95. The van der Waals surface area contributed by atoms with Crippen LogP contribution < -0.4 is 10.6 Å². The number of rotatable bonds is 5. The normalized spacial score (nSPS) is 31.2. The Morgan fingerprint density at radius 1 is 1.21 bits per heavy atom. The minimum absolute atomic E-state index is 0. The molecule has 8 nitrogen and oxygen atoms in total. The SMILES string of the molecule is CC1CN(C(=O)Cn2cc(NC(=O)CC3CC4CCC(C3)N4)cn2)CC(C)O1.Cl. The first-order valence-corrected chi connectivity index (χ1v) is 10.5. The van der Waals surface area contributed by atoms with Crippen LogP contribution in [0.5, 0.6) is 0 Å². The highest BCUT2D eigenvalue weighted by molar-refractivity contribution is 5.90. The molecule has 3 aliphatic rings. The molecule has 4 unspecified atom stereocenters. The number of anilines is 1. The van der Waals surface area contributed by atoms with Crippen molar-refractivity contribution in [3.8, 4) is 0 Å². The van der Waals surface area contributed by atoms with Gasteiger partial charge >= 0.3 is 0 Å². The average molecular weight is 426 g/mol. The second-order valence-electron chi connectivity index (χ2n) is 8.71. The lowest BCUT2D eigenvalue weighted by Gasteiger charge is -2.35. The van der Waals surface area contributed by atoms with Crippen LogP contribution in [0, 0.1) is 5.92 Å². The highest BCUT2D eigenvalue weighted by atomic mass is 35.5. The number of fused-ring (bicyclic) bond motifs is 2. The zero-order valence-electron chi connectivity index (χ0n) is 17.2. The molecule has 0 spiro atoms. The van der Waals surface area contributed by atoms with Crippen LogP contribution >= 0.6 is 12.4 Å². The van der Waals surface area contributed by atoms with E-state index in [1.807, 2.05) is 18.7 Å². The van der Waals surface area contributed by atoms with E-state index < -0.39 is 0 Å². The van der Waals surface area contributed by atoms with Gasteiger partial charge in [-0.2, -0.15) is 5.10 Å². The largest absolute Gasteiger partial charge is 0.372 e. The van der Waals surface area contributed by atoms with E-state index in [4.69, 9.17) is 4.74 Å². The van der Waals surface area contributed by atoms with Gasteiger partial charge in [-0.3, -0.25) is 14.3 Å². The summed E-state index contributed by atoms with van der Waals surface area (Å²) in [6.07, 6.45) is 8.66. The fraction of sp³-hybridized carbons (Fsp3) is 0.750. The summed E-state index contributed by atoms with van der Waals surface area (Å²) in [6.45, 7) is 5.34. The second-order valence-corrected chi connectivity index (χ2v) is 8.71. The Bertz CT molecular complexity index is 705. The van der Waals surface area contributed by atoms with Gasteiger partial charge in [-0.15, -0.1) is 12.4 Å². The van der Waals surface area contributed by atoms with Crippen LogP contribution in [0.2, 0.25) is 0 Å². The Hall–Kier alpha value is -1.64. The van der Waals surface area contributed by atoms with Crippen LogP contribution in [0.3, 0.4) is 0 Å². The maximum Gasteiger partial charge on any atom is 0.244 e. The van der Waals surface area contributed by atoms with Crippen molar-refractivity contribution >= 4 is 29.9 Å². The Balaban J connectivity index is 0.00000240. The summed E-state index contributed by atoms with van der Waals surface area (Å²) in [7, 11) is 0.